The van der Waals surface area contributed by atoms with Crippen LogP contribution in [-0.2, 0) is 0 Å². The number of hydrogen-bond acceptors (Lipinski definition) is 4. The van der Waals surface area contributed by atoms with Crippen molar-refractivity contribution in [2.24, 2.45) is 0 Å². The van der Waals surface area contributed by atoms with Crippen molar-refractivity contribution in [1.29, 1.82) is 0 Å². The Balaban J connectivity index is 1.67. The number of nitrogens with two attached hydrogens (primary N) is 1. The lowest BCUT2D eigenvalue weighted by Crippen LogP contribution is -2.49. The van der Waals surface area contributed by atoms with Crippen molar-refractivity contribution in [2.45, 2.75) is 0 Å². The third-order valence-electron chi connectivity index (χ3n) is 3.69. The highest BCUT2D eigenvalue weighted by atomic mass is 79.9. The highest BCUT2D eigenvalue weighted by Gasteiger charge is 2.25. The lowest BCUT2D eigenvalue weighted by atomic mass is 10.2. The number of nitrogens with zero attached hydrogens (tertiary/aromatic N) is 2. The van der Waals surface area contributed by atoms with E-state index in [0.29, 0.717) is 23.3 Å². The van der Waals surface area contributed by atoms with Crippen molar-refractivity contribution in [3.63, 3.8) is 0 Å². The average Bonchev–Trinajstić information content (AvgIpc) is 2.93. The number of furan rings is 1. The number of piperazine rings is 1. The van der Waals surface area contributed by atoms with Gasteiger partial charge in [-0.3, -0.25) is 4.79 Å². The molecule has 3 rings (SSSR count). The van der Waals surface area contributed by atoms with Crippen LogP contribution in [0.25, 0.3) is 0 Å². The number of nitrogen functional groups attached to an aromatic ring is 1. The van der Waals surface area contributed by atoms with Gasteiger partial charge in [-0.2, -0.15) is 0 Å². The summed E-state index contributed by atoms with van der Waals surface area (Å²) < 4.78 is 5.61. The molecular weight excluding hydrogens is 334 g/mol. The van der Waals surface area contributed by atoms with Crippen LogP contribution in [0.3, 0.4) is 0 Å². The van der Waals surface area contributed by atoms with E-state index >= 15 is 0 Å². The van der Waals surface area contributed by atoms with Gasteiger partial charge in [-0.15, -0.1) is 0 Å². The standard InChI is InChI=1S/C15H16BrN3O2/c16-14-11(5-10-21-14)15(20)19-8-6-18(7-9-19)13-4-2-1-3-12(13)17/h1-5,10H,6-9,17H2. The zero-order valence-corrected chi connectivity index (χ0v) is 13.0. The Kier molecular flexibility index (Phi) is 3.88. The summed E-state index contributed by atoms with van der Waals surface area (Å²) in [6.07, 6.45) is 1.51. The predicted octanol–water partition coefficient (Wildman–Crippen LogP) is 2.59. The van der Waals surface area contributed by atoms with Crippen molar-refractivity contribution in [3.05, 3.63) is 46.8 Å². The second kappa shape index (κ2) is 5.81. The summed E-state index contributed by atoms with van der Waals surface area (Å²) in [6.45, 7) is 2.89. The minimum absolute atomic E-state index is 0.00342. The van der Waals surface area contributed by atoms with Gasteiger partial charge in [0.05, 0.1) is 23.2 Å². The monoisotopic (exact) mass is 349 g/mol. The van der Waals surface area contributed by atoms with E-state index in [1.165, 1.54) is 6.26 Å². The molecule has 0 bridgehead atoms. The minimum Gasteiger partial charge on any atom is -0.457 e. The normalized spacial score (nSPS) is 15.3. The van der Waals surface area contributed by atoms with E-state index in [-0.39, 0.29) is 5.91 Å². The Morgan fingerprint density at radius 1 is 1.14 bits per heavy atom. The molecule has 2 N–H and O–H groups in total. The summed E-state index contributed by atoms with van der Waals surface area (Å²) in [6, 6.07) is 9.50. The van der Waals surface area contributed by atoms with E-state index in [9.17, 15) is 4.79 Å². The molecule has 6 heteroatoms. The molecule has 1 saturated heterocycles. The molecule has 1 aliphatic heterocycles. The summed E-state index contributed by atoms with van der Waals surface area (Å²) >= 11 is 3.25. The van der Waals surface area contributed by atoms with Crippen LogP contribution in [0.1, 0.15) is 10.4 Å². The second-order valence-corrected chi connectivity index (χ2v) is 5.67. The van der Waals surface area contributed by atoms with Gasteiger partial charge in [-0.05, 0) is 34.1 Å². The van der Waals surface area contributed by atoms with Crippen LogP contribution in [0, 0.1) is 0 Å². The van der Waals surface area contributed by atoms with Crippen molar-refractivity contribution in [3.8, 4) is 0 Å². The zero-order chi connectivity index (χ0) is 14.8. The molecule has 0 unspecified atom stereocenters. The molecule has 1 fully saturated rings. The molecule has 2 aromatic rings. The van der Waals surface area contributed by atoms with Gasteiger partial charge in [-0.25, -0.2) is 0 Å². The quantitative estimate of drug-likeness (QED) is 0.846. The van der Waals surface area contributed by atoms with Gasteiger partial charge in [0.1, 0.15) is 0 Å². The Bertz CT molecular complexity index is 648. The zero-order valence-electron chi connectivity index (χ0n) is 11.5. The summed E-state index contributed by atoms with van der Waals surface area (Å²) in [5, 5.41) is 0. The molecule has 1 aromatic heterocycles. The van der Waals surface area contributed by atoms with Gasteiger partial charge in [-0.1, -0.05) is 12.1 Å². The summed E-state index contributed by atoms with van der Waals surface area (Å²) in [7, 11) is 0. The Morgan fingerprint density at radius 3 is 2.48 bits per heavy atom. The van der Waals surface area contributed by atoms with Crippen LogP contribution in [0.4, 0.5) is 11.4 Å². The molecule has 0 saturated carbocycles. The third-order valence-corrected chi connectivity index (χ3v) is 4.31. The van der Waals surface area contributed by atoms with Crippen LogP contribution in [-0.4, -0.2) is 37.0 Å². The first-order valence-corrected chi connectivity index (χ1v) is 7.58. The van der Waals surface area contributed by atoms with Gasteiger partial charge in [0.25, 0.3) is 5.91 Å². The molecule has 0 spiro atoms. The molecule has 0 aliphatic carbocycles. The van der Waals surface area contributed by atoms with Gasteiger partial charge in [0.2, 0.25) is 0 Å². The molecule has 1 amide bonds. The largest absolute Gasteiger partial charge is 0.457 e. The number of anilines is 2. The molecule has 0 radical (unpaired) electrons. The number of halogens is 1. The van der Waals surface area contributed by atoms with Crippen LogP contribution in [0.15, 0.2) is 45.7 Å². The number of hydrogen-bond donors (Lipinski definition) is 1. The first kappa shape index (κ1) is 14.0. The van der Waals surface area contributed by atoms with Crippen LogP contribution in [0.2, 0.25) is 0 Å². The van der Waals surface area contributed by atoms with Crippen molar-refractivity contribution in [2.75, 3.05) is 36.8 Å². The van der Waals surface area contributed by atoms with Gasteiger partial charge in [0.15, 0.2) is 4.67 Å². The van der Waals surface area contributed by atoms with E-state index in [0.717, 1.165) is 24.5 Å². The van der Waals surface area contributed by atoms with Gasteiger partial charge >= 0.3 is 0 Å². The maximum atomic E-state index is 12.4. The summed E-state index contributed by atoms with van der Waals surface area (Å²) in [5.74, 6) is -0.00342. The molecule has 0 atom stereocenters. The highest BCUT2D eigenvalue weighted by Crippen LogP contribution is 2.25. The third kappa shape index (κ3) is 2.76. The van der Waals surface area contributed by atoms with Crippen LogP contribution >= 0.6 is 15.9 Å². The van der Waals surface area contributed by atoms with Crippen molar-refractivity contribution < 1.29 is 9.21 Å². The average molecular weight is 350 g/mol. The van der Waals surface area contributed by atoms with Gasteiger partial charge in [0, 0.05) is 26.2 Å². The van der Waals surface area contributed by atoms with Crippen LogP contribution in [0.5, 0.6) is 0 Å². The number of carbonyl (C=O) groups is 1. The lowest BCUT2D eigenvalue weighted by molar-refractivity contribution is 0.0745. The maximum absolute atomic E-state index is 12.4. The van der Waals surface area contributed by atoms with E-state index in [2.05, 4.69) is 20.8 Å². The molecule has 1 aliphatic rings. The van der Waals surface area contributed by atoms with Crippen molar-refractivity contribution in [1.82, 2.24) is 4.90 Å². The highest BCUT2D eigenvalue weighted by molar-refractivity contribution is 9.10. The van der Waals surface area contributed by atoms with E-state index < -0.39 is 0 Å². The first-order valence-electron chi connectivity index (χ1n) is 6.78. The summed E-state index contributed by atoms with van der Waals surface area (Å²) in [5.41, 5.74) is 8.38. The molecule has 21 heavy (non-hydrogen) atoms. The first-order chi connectivity index (χ1) is 10.2. The fourth-order valence-corrected chi connectivity index (χ4v) is 2.95. The maximum Gasteiger partial charge on any atom is 0.258 e. The molecule has 2 heterocycles. The molecular formula is C15H16BrN3O2. The Labute approximate surface area is 131 Å². The summed E-state index contributed by atoms with van der Waals surface area (Å²) in [4.78, 5) is 16.4. The van der Waals surface area contributed by atoms with Gasteiger partial charge < -0.3 is 20.0 Å². The number of rotatable bonds is 2. The smallest absolute Gasteiger partial charge is 0.258 e. The predicted molar refractivity (Wildman–Crippen MR) is 85.4 cm³/mol. The molecule has 110 valence electrons. The SMILES string of the molecule is Nc1ccccc1N1CCN(C(=O)c2ccoc2Br)CC1. The second-order valence-electron chi connectivity index (χ2n) is 4.95. The fraction of sp³-hybridized carbons (Fsp3) is 0.267. The van der Waals surface area contributed by atoms with E-state index in [1.807, 2.05) is 29.2 Å². The number of benzene rings is 1. The Morgan fingerprint density at radius 2 is 1.86 bits per heavy atom. The number of amides is 1. The van der Waals surface area contributed by atoms with Crippen LogP contribution < -0.4 is 10.6 Å². The number of carbonyl (C=O) groups excluding carboxylic acids is 1. The molecule has 5 nitrogen and oxygen atoms in total. The van der Waals surface area contributed by atoms with E-state index in [4.69, 9.17) is 10.2 Å². The molecule has 1 aromatic carbocycles. The Hall–Kier alpha value is -1.95. The van der Waals surface area contributed by atoms with Crippen molar-refractivity contribution >= 4 is 33.2 Å². The lowest BCUT2D eigenvalue weighted by Gasteiger charge is -2.36. The number of para-hydroxylation sites is 2. The van der Waals surface area contributed by atoms with E-state index in [1.54, 1.807) is 6.07 Å². The topological polar surface area (TPSA) is 62.7 Å². The fourth-order valence-electron chi connectivity index (χ4n) is 2.54. The minimum atomic E-state index is -0.00342.